The standard InChI is InChI=1S/C9H17F3N2/c10-9(11,12)8(14)7(13)6-4-2-1-3-5-6/h6-8H,1-5,13-14H2. The maximum absolute atomic E-state index is 12.2. The molecule has 0 amide bonds. The van der Waals surface area contributed by atoms with E-state index in [1.807, 2.05) is 0 Å². The summed E-state index contributed by atoms with van der Waals surface area (Å²) in [7, 11) is 0. The van der Waals surface area contributed by atoms with Crippen LogP contribution in [-0.2, 0) is 0 Å². The van der Waals surface area contributed by atoms with Gasteiger partial charge in [-0.3, -0.25) is 0 Å². The molecule has 1 saturated carbocycles. The zero-order chi connectivity index (χ0) is 10.8. The highest BCUT2D eigenvalue weighted by Gasteiger charge is 2.43. The van der Waals surface area contributed by atoms with Gasteiger partial charge in [-0.05, 0) is 18.8 Å². The Kier molecular flexibility index (Phi) is 3.78. The predicted molar refractivity (Wildman–Crippen MR) is 48.6 cm³/mol. The Bertz CT molecular complexity index is 175. The highest BCUT2D eigenvalue weighted by Crippen LogP contribution is 2.30. The molecule has 1 aliphatic rings. The van der Waals surface area contributed by atoms with E-state index in [1.54, 1.807) is 0 Å². The Labute approximate surface area is 81.8 Å². The van der Waals surface area contributed by atoms with Crippen LogP contribution in [0.5, 0.6) is 0 Å². The van der Waals surface area contributed by atoms with Gasteiger partial charge in [-0.15, -0.1) is 0 Å². The number of hydrogen-bond donors (Lipinski definition) is 2. The largest absolute Gasteiger partial charge is 0.405 e. The molecule has 2 unspecified atom stereocenters. The van der Waals surface area contributed by atoms with E-state index >= 15 is 0 Å². The Balaban J connectivity index is 2.50. The molecule has 0 aliphatic heterocycles. The number of hydrogen-bond acceptors (Lipinski definition) is 2. The first-order chi connectivity index (χ1) is 6.43. The first-order valence-corrected chi connectivity index (χ1v) is 5.01. The molecule has 0 heterocycles. The van der Waals surface area contributed by atoms with E-state index in [-0.39, 0.29) is 5.92 Å². The third kappa shape index (κ3) is 2.85. The van der Waals surface area contributed by atoms with Gasteiger partial charge < -0.3 is 11.5 Å². The molecule has 0 saturated heterocycles. The highest BCUT2D eigenvalue weighted by molar-refractivity contribution is 4.88. The van der Waals surface area contributed by atoms with Crippen molar-refractivity contribution in [2.24, 2.45) is 17.4 Å². The first kappa shape index (κ1) is 11.8. The second-order valence-electron chi connectivity index (χ2n) is 4.04. The van der Waals surface area contributed by atoms with Crippen LogP contribution in [-0.4, -0.2) is 18.3 Å². The van der Waals surface area contributed by atoms with E-state index in [2.05, 4.69) is 0 Å². The summed E-state index contributed by atoms with van der Waals surface area (Å²) >= 11 is 0. The minimum Gasteiger partial charge on any atom is -0.326 e. The van der Waals surface area contributed by atoms with Crippen LogP contribution in [0.2, 0.25) is 0 Å². The van der Waals surface area contributed by atoms with Gasteiger partial charge in [0.05, 0.1) is 0 Å². The predicted octanol–water partition coefficient (Wildman–Crippen LogP) is 1.78. The smallest absolute Gasteiger partial charge is 0.326 e. The Morgan fingerprint density at radius 1 is 1.00 bits per heavy atom. The lowest BCUT2D eigenvalue weighted by Gasteiger charge is -2.32. The first-order valence-electron chi connectivity index (χ1n) is 5.01. The third-order valence-electron chi connectivity index (χ3n) is 2.99. The van der Waals surface area contributed by atoms with Crippen molar-refractivity contribution < 1.29 is 13.2 Å². The van der Waals surface area contributed by atoms with Crippen molar-refractivity contribution in [3.8, 4) is 0 Å². The zero-order valence-corrected chi connectivity index (χ0v) is 8.06. The summed E-state index contributed by atoms with van der Waals surface area (Å²) in [6.45, 7) is 0. The molecule has 2 atom stereocenters. The molecule has 5 heteroatoms. The average molecular weight is 210 g/mol. The van der Waals surface area contributed by atoms with Crippen molar-refractivity contribution in [3.63, 3.8) is 0 Å². The van der Waals surface area contributed by atoms with E-state index in [0.717, 1.165) is 32.1 Å². The molecule has 0 aromatic carbocycles. The maximum Gasteiger partial charge on any atom is 0.405 e. The molecule has 0 aromatic heterocycles. The lowest BCUT2D eigenvalue weighted by Crippen LogP contribution is -2.54. The van der Waals surface area contributed by atoms with Gasteiger partial charge in [-0.25, -0.2) is 0 Å². The fourth-order valence-corrected chi connectivity index (χ4v) is 2.03. The van der Waals surface area contributed by atoms with Crippen molar-refractivity contribution in [1.29, 1.82) is 0 Å². The average Bonchev–Trinajstić information content (AvgIpc) is 2.15. The van der Waals surface area contributed by atoms with Gasteiger partial charge >= 0.3 is 6.18 Å². The SMILES string of the molecule is NC(C1CCCCC1)C(N)C(F)(F)F. The number of rotatable bonds is 2. The molecule has 0 radical (unpaired) electrons. The van der Waals surface area contributed by atoms with Crippen LogP contribution in [0.3, 0.4) is 0 Å². The van der Waals surface area contributed by atoms with Gasteiger partial charge in [0.25, 0.3) is 0 Å². The zero-order valence-electron chi connectivity index (χ0n) is 8.06. The molecule has 1 rings (SSSR count). The quantitative estimate of drug-likeness (QED) is 0.730. The van der Waals surface area contributed by atoms with E-state index in [4.69, 9.17) is 11.5 Å². The summed E-state index contributed by atoms with van der Waals surface area (Å²) in [6, 6.07) is -2.80. The van der Waals surface area contributed by atoms with E-state index in [9.17, 15) is 13.2 Å². The molecule has 0 bridgehead atoms. The minimum atomic E-state index is -4.36. The van der Waals surface area contributed by atoms with Crippen LogP contribution in [0.25, 0.3) is 0 Å². The molecule has 0 aromatic rings. The summed E-state index contributed by atoms with van der Waals surface area (Å²) in [6.07, 6.45) is 0.253. The minimum absolute atomic E-state index is 0.0552. The van der Waals surface area contributed by atoms with Crippen molar-refractivity contribution in [3.05, 3.63) is 0 Å². The Morgan fingerprint density at radius 2 is 1.50 bits per heavy atom. The summed E-state index contributed by atoms with van der Waals surface area (Å²) in [5.74, 6) is -0.0552. The van der Waals surface area contributed by atoms with Crippen molar-refractivity contribution in [2.75, 3.05) is 0 Å². The molecular weight excluding hydrogens is 193 g/mol. The normalized spacial score (nSPS) is 24.6. The third-order valence-corrected chi connectivity index (χ3v) is 2.99. The van der Waals surface area contributed by atoms with Crippen LogP contribution in [0, 0.1) is 5.92 Å². The summed E-state index contributed by atoms with van der Waals surface area (Å²) in [5.41, 5.74) is 10.6. The van der Waals surface area contributed by atoms with Crippen LogP contribution < -0.4 is 11.5 Å². The van der Waals surface area contributed by atoms with Gasteiger partial charge in [-0.1, -0.05) is 19.3 Å². The fraction of sp³-hybridized carbons (Fsp3) is 1.00. The second kappa shape index (κ2) is 4.49. The van der Waals surface area contributed by atoms with E-state index in [0.29, 0.717) is 0 Å². The summed E-state index contributed by atoms with van der Waals surface area (Å²) in [5, 5.41) is 0. The van der Waals surface area contributed by atoms with Crippen molar-refractivity contribution in [1.82, 2.24) is 0 Å². The monoisotopic (exact) mass is 210 g/mol. The lowest BCUT2D eigenvalue weighted by molar-refractivity contribution is -0.155. The summed E-state index contributed by atoms with van der Waals surface area (Å²) in [4.78, 5) is 0. The van der Waals surface area contributed by atoms with E-state index < -0.39 is 18.3 Å². The van der Waals surface area contributed by atoms with Crippen molar-refractivity contribution in [2.45, 2.75) is 50.4 Å². The second-order valence-corrected chi connectivity index (χ2v) is 4.04. The Morgan fingerprint density at radius 3 is 1.93 bits per heavy atom. The summed E-state index contributed by atoms with van der Waals surface area (Å²) < 4.78 is 36.7. The number of nitrogens with two attached hydrogens (primary N) is 2. The molecule has 14 heavy (non-hydrogen) atoms. The molecule has 0 spiro atoms. The molecule has 84 valence electrons. The maximum atomic E-state index is 12.2. The van der Waals surface area contributed by atoms with Gasteiger partial charge in [-0.2, -0.15) is 13.2 Å². The van der Waals surface area contributed by atoms with Crippen LogP contribution >= 0.6 is 0 Å². The van der Waals surface area contributed by atoms with E-state index in [1.165, 1.54) is 0 Å². The number of halogens is 3. The highest BCUT2D eigenvalue weighted by atomic mass is 19.4. The number of alkyl halides is 3. The Hall–Kier alpha value is -0.290. The van der Waals surface area contributed by atoms with Crippen molar-refractivity contribution >= 4 is 0 Å². The molecule has 2 nitrogen and oxygen atoms in total. The van der Waals surface area contributed by atoms with Crippen LogP contribution in [0.15, 0.2) is 0 Å². The van der Waals surface area contributed by atoms with Gasteiger partial charge in [0.1, 0.15) is 6.04 Å². The topological polar surface area (TPSA) is 52.0 Å². The van der Waals surface area contributed by atoms with Gasteiger partial charge in [0, 0.05) is 6.04 Å². The molecule has 1 aliphatic carbocycles. The van der Waals surface area contributed by atoms with Gasteiger partial charge in [0.15, 0.2) is 0 Å². The van der Waals surface area contributed by atoms with Crippen LogP contribution in [0.4, 0.5) is 13.2 Å². The molecule has 1 fully saturated rings. The fourth-order valence-electron chi connectivity index (χ4n) is 2.03. The van der Waals surface area contributed by atoms with Crippen LogP contribution in [0.1, 0.15) is 32.1 Å². The molecular formula is C9H17F3N2. The lowest BCUT2D eigenvalue weighted by atomic mass is 9.81. The molecule has 4 N–H and O–H groups in total. The van der Waals surface area contributed by atoms with Gasteiger partial charge in [0.2, 0.25) is 0 Å².